The van der Waals surface area contributed by atoms with E-state index >= 15 is 0 Å². The van der Waals surface area contributed by atoms with E-state index in [1.165, 1.54) is 6.07 Å². The Balaban J connectivity index is 2.69. The number of likely N-dealkylation sites (N-methyl/N-ethyl adjacent to an activating group) is 1. The Hall–Kier alpha value is -1.41. The highest BCUT2D eigenvalue weighted by atomic mass is 32.2. The zero-order chi connectivity index (χ0) is 16.0. The number of nitrogens with one attached hydrogen (secondary N) is 1. The van der Waals surface area contributed by atoms with Crippen molar-refractivity contribution in [1.82, 2.24) is 4.90 Å². The van der Waals surface area contributed by atoms with Crippen molar-refractivity contribution in [1.29, 1.82) is 0 Å². The highest BCUT2D eigenvalue weighted by Crippen LogP contribution is 2.35. The normalized spacial score (nSPS) is 11.7. The highest BCUT2D eigenvalue weighted by molar-refractivity contribution is 7.98. The summed E-state index contributed by atoms with van der Waals surface area (Å²) in [5, 5.41) is 2.45. The molecule has 8 heteroatoms. The number of thioether (sulfide) groups is 1. The van der Waals surface area contributed by atoms with E-state index in [2.05, 4.69) is 5.32 Å². The molecule has 4 nitrogen and oxygen atoms in total. The van der Waals surface area contributed by atoms with Crippen LogP contribution in [0.3, 0.4) is 0 Å². The first kappa shape index (κ1) is 17.6. The minimum atomic E-state index is -4.54. The van der Waals surface area contributed by atoms with E-state index in [9.17, 15) is 18.0 Å². The number of amides is 1. The molecule has 0 aromatic heterocycles. The summed E-state index contributed by atoms with van der Waals surface area (Å²) in [6.45, 7) is 0.844. The number of rotatable bonds is 6. The third kappa shape index (κ3) is 5.84. The number of hydrogen-bond donors (Lipinski definition) is 2. The lowest BCUT2D eigenvalue weighted by Gasteiger charge is -2.16. The number of nitrogens with zero attached hydrogens (tertiary/aromatic N) is 1. The van der Waals surface area contributed by atoms with Gasteiger partial charge in [0.05, 0.1) is 12.1 Å². The summed E-state index contributed by atoms with van der Waals surface area (Å²) >= 11 is 1.66. The van der Waals surface area contributed by atoms with Crippen LogP contribution < -0.4 is 11.1 Å². The van der Waals surface area contributed by atoms with Crippen LogP contribution in [0.25, 0.3) is 0 Å². The molecule has 0 aliphatic carbocycles. The van der Waals surface area contributed by atoms with Crippen LogP contribution in [0, 0.1) is 0 Å². The predicted molar refractivity (Wildman–Crippen MR) is 80.4 cm³/mol. The second-order valence-electron chi connectivity index (χ2n) is 4.58. The van der Waals surface area contributed by atoms with Crippen LogP contribution in [0.4, 0.5) is 24.5 Å². The zero-order valence-electron chi connectivity index (χ0n) is 11.8. The van der Waals surface area contributed by atoms with E-state index in [1.54, 1.807) is 23.7 Å². The minimum Gasteiger partial charge on any atom is -0.398 e. The average molecular weight is 321 g/mol. The molecular formula is C13H18F3N3OS. The molecule has 0 bridgehead atoms. The summed E-state index contributed by atoms with van der Waals surface area (Å²) in [6.07, 6.45) is -2.58. The Morgan fingerprint density at radius 1 is 1.43 bits per heavy atom. The molecule has 0 atom stereocenters. The van der Waals surface area contributed by atoms with Crippen LogP contribution in [0.2, 0.25) is 0 Å². The number of carbonyl (C=O) groups excluding carboxylic acids is 1. The number of hydrogen-bond acceptors (Lipinski definition) is 4. The minimum absolute atomic E-state index is 0.0831. The smallest absolute Gasteiger partial charge is 0.398 e. The third-order valence-corrected chi connectivity index (χ3v) is 3.32. The van der Waals surface area contributed by atoms with Gasteiger partial charge in [-0.15, -0.1) is 0 Å². The van der Waals surface area contributed by atoms with Gasteiger partial charge in [-0.3, -0.25) is 9.69 Å². The van der Waals surface area contributed by atoms with Gasteiger partial charge in [-0.05, 0) is 31.5 Å². The van der Waals surface area contributed by atoms with Gasteiger partial charge in [0.25, 0.3) is 0 Å². The van der Waals surface area contributed by atoms with E-state index in [0.29, 0.717) is 0 Å². The van der Waals surface area contributed by atoms with E-state index in [0.717, 1.165) is 24.4 Å². The zero-order valence-corrected chi connectivity index (χ0v) is 12.6. The van der Waals surface area contributed by atoms with Gasteiger partial charge < -0.3 is 11.1 Å². The highest BCUT2D eigenvalue weighted by Gasteiger charge is 2.33. The van der Waals surface area contributed by atoms with Crippen LogP contribution in [0.5, 0.6) is 0 Å². The van der Waals surface area contributed by atoms with Crippen molar-refractivity contribution < 1.29 is 18.0 Å². The van der Waals surface area contributed by atoms with Gasteiger partial charge in [-0.2, -0.15) is 24.9 Å². The van der Waals surface area contributed by atoms with E-state index in [-0.39, 0.29) is 23.8 Å². The second kappa shape index (κ2) is 7.56. The van der Waals surface area contributed by atoms with Crippen molar-refractivity contribution in [3.05, 3.63) is 23.8 Å². The third-order valence-electron chi connectivity index (χ3n) is 2.73. The van der Waals surface area contributed by atoms with Gasteiger partial charge in [0.2, 0.25) is 5.91 Å². The molecular weight excluding hydrogens is 303 g/mol. The molecule has 0 unspecified atom stereocenters. The largest absolute Gasteiger partial charge is 0.418 e. The maximum absolute atomic E-state index is 12.7. The fraction of sp³-hybridized carbons (Fsp3) is 0.462. The molecule has 0 fully saturated rings. The summed E-state index contributed by atoms with van der Waals surface area (Å²) in [4.78, 5) is 13.6. The molecule has 1 rings (SSSR count). The van der Waals surface area contributed by atoms with Crippen molar-refractivity contribution in [3.8, 4) is 0 Å². The molecule has 118 valence electrons. The fourth-order valence-corrected chi connectivity index (χ4v) is 2.15. The quantitative estimate of drug-likeness (QED) is 0.791. The maximum atomic E-state index is 12.7. The Labute approximate surface area is 125 Å². The molecule has 0 aliphatic heterocycles. The number of anilines is 2. The first-order valence-corrected chi connectivity index (χ1v) is 7.57. The van der Waals surface area contributed by atoms with Gasteiger partial charge in [0.15, 0.2) is 0 Å². The SMILES string of the molecule is CSCCN(C)CC(=O)Nc1ccc(N)c(C(F)(F)F)c1. The van der Waals surface area contributed by atoms with E-state index in [1.807, 2.05) is 6.26 Å². The number of halogens is 3. The fourth-order valence-electron chi connectivity index (χ4n) is 1.65. The summed E-state index contributed by atoms with van der Waals surface area (Å²) in [7, 11) is 1.78. The first-order chi connectivity index (χ1) is 9.74. The Morgan fingerprint density at radius 3 is 2.67 bits per heavy atom. The molecule has 0 radical (unpaired) electrons. The summed E-state index contributed by atoms with van der Waals surface area (Å²) < 4.78 is 38.1. The van der Waals surface area contributed by atoms with E-state index < -0.39 is 11.7 Å². The van der Waals surface area contributed by atoms with Gasteiger partial charge in [0, 0.05) is 23.7 Å². The molecule has 0 spiro atoms. The lowest BCUT2D eigenvalue weighted by molar-refractivity contribution is -0.136. The molecule has 1 amide bonds. The number of nitrogens with two attached hydrogens (primary N) is 1. The van der Waals surface area contributed by atoms with Gasteiger partial charge >= 0.3 is 6.18 Å². The van der Waals surface area contributed by atoms with Crippen molar-refractivity contribution in [3.63, 3.8) is 0 Å². The van der Waals surface area contributed by atoms with Gasteiger partial charge in [0.1, 0.15) is 0 Å². The van der Waals surface area contributed by atoms with Gasteiger partial charge in [-0.1, -0.05) is 0 Å². The van der Waals surface area contributed by atoms with Crippen LogP contribution in [0.1, 0.15) is 5.56 Å². The lowest BCUT2D eigenvalue weighted by atomic mass is 10.1. The van der Waals surface area contributed by atoms with Crippen molar-refractivity contribution in [2.75, 3.05) is 43.2 Å². The van der Waals surface area contributed by atoms with Crippen LogP contribution >= 0.6 is 11.8 Å². The standard InChI is InChI=1S/C13H18F3N3OS/c1-19(5-6-21-2)8-12(20)18-9-3-4-11(17)10(7-9)13(14,15)16/h3-4,7H,5-6,8,17H2,1-2H3,(H,18,20). The number of carbonyl (C=O) groups is 1. The van der Waals surface area contributed by atoms with Crippen molar-refractivity contribution in [2.24, 2.45) is 0 Å². The number of nitrogen functional groups attached to an aromatic ring is 1. The summed E-state index contributed by atoms with van der Waals surface area (Å²) in [6, 6.07) is 3.33. The van der Waals surface area contributed by atoms with Crippen molar-refractivity contribution in [2.45, 2.75) is 6.18 Å². The van der Waals surface area contributed by atoms with E-state index in [4.69, 9.17) is 5.73 Å². The molecule has 0 saturated heterocycles. The number of alkyl halides is 3. The van der Waals surface area contributed by atoms with Crippen molar-refractivity contribution >= 4 is 29.0 Å². The average Bonchev–Trinajstić information content (AvgIpc) is 2.37. The Kier molecular flexibility index (Phi) is 6.35. The van der Waals surface area contributed by atoms with Crippen LogP contribution in [0.15, 0.2) is 18.2 Å². The summed E-state index contributed by atoms with van der Waals surface area (Å²) in [5.74, 6) is 0.514. The number of benzene rings is 1. The molecule has 1 aromatic carbocycles. The topological polar surface area (TPSA) is 58.4 Å². The maximum Gasteiger partial charge on any atom is 0.418 e. The predicted octanol–water partition coefficient (Wildman–Crippen LogP) is 2.52. The van der Waals surface area contributed by atoms with Crippen LogP contribution in [-0.4, -0.2) is 43.0 Å². The molecule has 0 aliphatic rings. The molecule has 21 heavy (non-hydrogen) atoms. The molecule has 0 heterocycles. The Bertz CT molecular complexity index is 494. The lowest BCUT2D eigenvalue weighted by Crippen LogP contribution is -2.31. The first-order valence-electron chi connectivity index (χ1n) is 6.18. The monoisotopic (exact) mass is 321 g/mol. The molecule has 1 aromatic rings. The Morgan fingerprint density at radius 2 is 2.10 bits per heavy atom. The summed E-state index contributed by atoms with van der Waals surface area (Å²) in [5.41, 5.74) is 4.07. The van der Waals surface area contributed by atoms with Crippen LogP contribution in [-0.2, 0) is 11.0 Å². The molecule has 3 N–H and O–H groups in total. The molecule has 0 saturated carbocycles. The second-order valence-corrected chi connectivity index (χ2v) is 5.56. The van der Waals surface area contributed by atoms with Gasteiger partial charge in [-0.25, -0.2) is 0 Å².